The third-order valence-corrected chi connectivity index (χ3v) is 8.08. The number of nitrogen functional groups attached to an aromatic ring is 1. The van der Waals surface area contributed by atoms with Crippen molar-refractivity contribution in [3.8, 4) is 11.5 Å². The minimum Gasteiger partial charge on any atom is -0.506 e. The van der Waals surface area contributed by atoms with Gasteiger partial charge in [-0.1, -0.05) is 65.4 Å². The molecule has 4 heterocycles. The molecule has 0 saturated heterocycles. The van der Waals surface area contributed by atoms with Gasteiger partial charge in [0, 0.05) is 34.8 Å². The summed E-state index contributed by atoms with van der Waals surface area (Å²) < 4.78 is 3.26. The number of aliphatic hydroxyl groups is 1. The molecule has 6 aromatic rings. The van der Waals surface area contributed by atoms with E-state index in [9.17, 15) is 5.11 Å². The number of thiazole rings is 2. The van der Waals surface area contributed by atoms with Crippen LogP contribution in [0.15, 0.2) is 103 Å². The van der Waals surface area contributed by atoms with E-state index in [1.165, 1.54) is 34.8 Å². The number of benzene rings is 2. The Hall–Kier alpha value is -4.74. The van der Waals surface area contributed by atoms with E-state index >= 15 is 0 Å². The van der Waals surface area contributed by atoms with Crippen molar-refractivity contribution in [2.75, 3.05) is 12.8 Å². The molecule has 0 fully saturated rings. The molecule has 19 nitrogen and oxygen atoms in total. The van der Waals surface area contributed by atoms with Gasteiger partial charge in [-0.2, -0.15) is 10.2 Å². The average Bonchev–Trinajstić information content (AvgIpc) is 3.90. The maximum absolute atomic E-state index is 9.38. The van der Waals surface area contributed by atoms with Crippen molar-refractivity contribution in [1.29, 1.82) is 0 Å². The van der Waals surface area contributed by atoms with Gasteiger partial charge in [-0.15, -0.1) is 36.0 Å². The summed E-state index contributed by atoms with van der Waals surface area (Å²) in [6.45, 7) is 3.68. The minimum atomic E-state index is -0.00132. The number of aromatic hydroxyl groups is 2. The SMILES string of the molecule is C.CO.Cc1nc(N)sc1N=Nc1ccnn1C.Cc1nc(N=Nc2ccc(O)c(Cl)c2)sc1N=Nc1ccnn1C.O=N[O-].Oc1ccccc1Cl.[2HH].[Na+]. The Morgan fingerprint density at radius 3 is 1.69 bits per heavy atom. The number of phenolic OH excluding ortho intramolecular Hbond substituents is 2. The maximum atomic E-state index is 9.38. The van der Waals surface area contributed by atoms with E-state index < -0.39 is 0 Å². The molecule has 5 N–H and O–H groups in total. The number of hydrogen-bond donors (Lipinski definition) is 4. The molecule has 0 saturated carbocycles. The number of phenols is 2. The van der Waals surface area contributed by atoms with Gasteiger partial charge in [0.15, 0.2) is 26.8 Å². The molecule has 0 bridgehead atoms. The molecule has 0 aliphatic heterocycles. The summed E-state index contributed by atoms with van der Waals surface area (Å²) in [5.41, 5.74) is 7.57. The second-order valence-corrected chi connectivity index (χ2v) is 12.0. The molecule has 6 rings (SSSR count). The molecule has 2 aromatic carbocycles. The molecule has 0 spiro atoms. The van der Waals surface area contributed by atoms with Gasteiger partial charge in [-0.3, -0.25) is 0 Å². The van der Waals surface area contributed by atoms with Crippen LogP contribution in [0, 0.1) is 24.0 Å². The largest absolute Gasteiger partial charge is 1.00 e. The summed E-state index contributed by atoms with van der Waals surface area (Å²) in [6, 6.07) is 14.8. The number of para-hydroxylation sites is 1. The number of azo groups is 3. The number of halogens is 2. The first-order valence-corrected chi connectivity index (χ1v) is 16.5. The fourth-order valence-electron chi connectivity index (χ4n) is 3.25. The summed E-state index contributed by atoms with van der Waals surface area (Å²) in [7, 11) is 4.60. The van der Waals surface area contributed by atoms with Gasteiger partial charge in [0.2, 0.25) is 5.13 Å². The molecule has 0 aliphatic rings. The summed E-state index contributed by atoms with van der Waals surface area (Å²) >= 11 is 13.9. The number of nitrogens with zero attached hydrogens (tertiary/aromatic N) is 13. The van der Waals surface area contributed by atoms with Crippen molar-refractivity contribution >= 4 is 83.5 Å². The van der Waals surface area contributed by atoms with Crippen LogP contribution in [-0.2, 0) is 14.1 Å². The Kier molecular flexibility index (Phi) is 23.8. The maximum Gasteiger partial charge on any atom is 1.00 e. The molecule has 0 unspecified atom stereocenters. The first-order valence-electron chi connectivity index (χ1n) is 14.1. The normalized spacial score (nSPS) is 10.1. The van der Waals surface area contributed by atoms with Crippen LogP contribution in [0.25, 0.3) is 0 Å². The monoisotopic (exact) mass is 831 g/mol. The van der Waals surface area contributed by atoms with Gasteiger partial charge in [-0.25, -0.2) is 19.3 Å². The van der Waals surface area contributed by atoms with E-state index in [0.717, 1.165) is 23.1 Å². The number of anilines is 1. The first kappa shape index (κ1) is 49.3. The number of nitrogens with two attached hydrogens (primary N) is 1. The molecule has 54 heavy (non-hydrogen) atoms. The van der Waals surface area contributed by atoms with Crippen LogP contribution in [-0.4, -0.2) is 52.0 Å². The predicted molar refractivity (Wildman–Crippen MR) is 209 cm³/mol. The third kappa shape index (κ3) is 16.5. The van der Waals surface area contributed by atoms with Crippen molar-refractivity contribution in [3.05, 3.63) is 98.5 Å². The number of aromatic nitrogens is 6. The Morgan fingerprint density at radius 2 is 1.26 bits per heavy atom. The number of aliphatic hydroxyl groups excluding tert-OH is 1. The topological polar surface area (TPSA) is 275 Å². The zero-order valence-electron chi connectivity index (χ0n) is 29.0. The Morgan fingerprint density at radius 1 is 0.759 bits per heavy atom. The van der Waals surface area contributed by atoms with Crippen LogP contribution in [0.5, 0.6) is 11.5 Å². The Labute approximate surface area is 351 Å². The molecule has 24 heteroatoms. The fourth-order valence-corrected chi connectivity index (χ4v) is 4.92. The third-order valence-electron chi connectivity index (χ3n) is 5.66. The van der Waals surface area contributed by atoms with Crippen molar-refractivity contribution in [2.24, 2.45) is 50.1 Å². The van der Waals surface area contributed by atoms with Crippen LogP contribution in [0.1, 0.15) is 20.2 Å². The summed E-state index contributed by atoms with van der Waals surface area (Å²) in [6.07, 6.45) is 3.32. The molecule has 4 aromatic heterocycles. The predicted octanol–water partition coefficient (Wildman–Crippen LogP) is 7.35. The van der Waals surface area contributed by atoms with Crippen molar-refractivity contribution in [3.63, 3.8) is 0 Å². The van der Waals surface area contributed by atoms with Crippen LogP contribution in [0.3, 0.4) is 0 Å². The van der Waals surface area contributed by atoms with E-state index in [-0.39, 0.29) is 54.9 Å². The molecule has 0 amide bonds. The number of hydrogen-bond acceptors (Lipinski definition) is 19. The van der Waals surface area contributed by atoms with Crippen LogP contribution in [0.2, 0.25) is 10.0 Å². The standard InChI is InChI=1S/C14H12ClN7OS.C8H10N6S.C6H5ClO.CH4O.CH4.HNO2.Na.H2/c1-8-13(20-19-12-5-6-16-22(12)2)24-14(17-8)21-18-9-3-4-11(23)10(15)7-9;1-5-7(15-8(9)11-5)13-12-6-3-4-10-14(6)2;7-5-3-1-2-4-6(5)8;1-2;;2-1-3;;/h3-7,23H,1-2H3;3-4H,1-2H3,(H2,9,11);1-4,8H;2H,1H3;1H4;(H,2,3);;1H/q;;;;;;+1;/p-1/i;;;;;;;1+1. The van der Waals surface area contributed by atoms with Crippen molar-refractivity contribution in [2.45, 2.75) is 21.3 Å². The fraction of sp³-hybridized carbons (Fsp3) is 0.200. The van der Waals surface area contributed by atoms with Crippen LogP contribution >= 0.6 is 45.9 Å². The van der Waals surface area contributed by atoms with E-state index in [1.54, 1.807) is 71.3 Å². The van der Waals surface area contributed by atoms with Crippen molar-refractivity contribution in [1.82, 2.24) is 29.5 Å². The summed E-state index contributed by atoms with van der Waals surface area (Å²) in [5.74, 6) is 1.47. The van der Waals surface area contributed by atoms with Gasteiger partial charge in [0.1, 0.15) is 11.5 Å². The van der Waals surface area contributed by atoms with Gasteiger partial charge in [0.05, 0.1) is 39.5 Å². The first-order chi connectivity index (χ1) is 24.9. The van der Waals surface area contributed by atoms with Gasteiger partial charge >= 0.3 is 29.6 Å². The van der Waals surface area contributed by atoms with Gasteiger partial charge in [0.25, 0.3) is 0 Å². The number of aryl methyl sites for hydroxylation is 4. The second kappa shape index (κ2) is 26.1. The molecular formula is C30H37Cl2N14NaO5S2. The van der Waals surface area contributed by atoms with E-state index in [2.05, 4.69) is 50.9 Å². The quantitative estimate of drug-likeness (QED) is 0.0560. The minimum absolute atomic E-state index is 0. The number of rotatable bonds is 6. The average molecular weight is 833 g/mol. The Bertz CT molecular complexity index is 2090. The zero-order chi connectivity index (χ0) is 38.6. The molecular weight excluding hydrogens is 794 g/mol. The van der Waals surface area contributed by atoms with Gasteiger partial charge < -0.3 is 31.2 Å². The van der Waals surface area contributed by atoms with Crippen LogP contribution < -0.4 is 35.3 Å². The van der Waals surface area contributed by atoms with E-state index in [4.69, 9.17) is 49.3 Å². The Balaban J connectivity index is 0. The second-order valence-electron chi connectivity index (χ2n) is 9.22. The van der Waals surface area contributed by atoms with E-state index in [1.807, 2.05) is 20.9 Å². The molecule has 0 radical (unpaired) electrons. The van der Waals surface area contributed by atoms with Crippen LogP contribution in [0.4, 0.5) is 37.6 Å². The molecule has 0 atom stereocenters. The van der Waals surface area contributed by atoms with Crippen molar-refractivity contribution < 1.29 is 46.3 Å². The van der Waals surface area contributed by atoms with E-state index in [0.29, 0.717) is 43.3 Å². The summed E-state index contributed by atoms with van der Waals surface area (Å²) in [5, 5.41) is 69.7. The summed E-state index contributed by atoms with van der Waals surface area (Å²) in [4.78, 5) is 16.3. The smallest absolute Gasteiger partial charge is 0.506 e. The van der Waals surface area contributed by atoms with Gasteiger partial charge in [-0.05, 0) is 44.2 Å². The molecule has 0 aliphatic carbocycles. The zero-order valence-corrected chi connectivity index (χ0v) is 34.1. The molecule has 284 valence electrons.